The van der Waals surface area contributed by atoms with E-state index in [4.69, 9.17) is 32.7 Å². The molecule has 0 aliphatic carbocycles. The van der Waals surface area contributed by atoms with Gasteiger partial charge in [0.2, 0.25) is 5.91 Å². The second-order valence-corrected chi connectivity index (χ2v) is 10.7. The zero-order chi connectivity index (χ0) is 25.0. The highest BCUT2D eigenvalue weighted by atomic mass is 35.5. The van der Waals surface area contributed by atoms with Crippen LogP contribution in [0.25, 0.3) is 0 Å². The molecule has 1 heterocycles. The van der Waals surface area contributed by atoms with Crippen molar-refractivity contribution in [2.45, 2.75) is 31.2 Å². The zero-order valence-corrected chi connectivity index (χ0v) is 21.4. The summed E-state index contributed by atoms with van der Waals surface area (Å²) in [7, 11) is -1.79. The van der Waals surface area contributed by atoms with Crippen LogP contribution in [0.4, 0.5) is 5.69 Å². The SMILES string of the molecule is COc1ccc(Oc2c(Cl)cc(NC(=O)Cc3ccc(S(C)(=O)=O)nc3)cc2Cl)cc1C(C)C. The van der Waals surface area contributed by atoms with Gasteiger partial charge in [0, 0.05) is 23.7 Å². The molecule has 0 spiro atoms. The molecule has 2 aromatic carbocycles. The number of nitrogens with zero attached hydrogens (tertiary/aromatic N) is 1. The molecule has 3 rings (SSSR count). The van der Waals surface area contributed by atoms with Crippen molar-refractivity contribution in [1.82, 2.24) is 4.98 Å². The van der Waals surface area contributed by atoms with E-state index in [-0.39, 0.29) is 39.1 Å². The van der Waals surface area contributed by atoms with Crippen LogP contribution in [0.5, 0.6) is 17.2 Å². The molecule has 10 heteroatoms. The molecule has 0 aliphatic heterocycles. The number of nitrogens with one attached hydrogen (secondary N) is 1. The number of carbonyl (C=O) groups is 1. The molecule has 0 saturated carbocycles. The lowest BCUT2D eigenvalue weighted by Gasteiger charge is -2.16. The van der Waals surface area contributed by atoms with Crippen molar-refractivity contribution in [1.29, 1.82) is 0 Å². The minimum absolute atomic E-state index is 0.00560. The first-order valence-electron chi connectivity index (χ1n) is 10.3. The number of hydrogen-bond donors (Lipinski definition) is 1. The van der Waals surface area contributed by atoms with E-state index >= 15 is 0 Å². The molecular weight excluding hydrogens is 499 g/mol. The number of rotatable bonds is 8. The Hall–Kier alpha value is -2.81. The molecule has 180 valence electrons. The van der Waals surface area contributed by atoms with Gasteiger partial charge in [0.1, 0.15) is 11.5 Å². The highest BCUT2D eigenvalue weighted by Gasteiger charge is 2.16. The topological polar surface area (TPSA) is 94.6 Å². The molecule has 3 aromatic rings. The Morgan fingerprint density at radius 3 is 2.29 bits per heavy atom. The fourth-order valence-electron chi connectivity index (χ4n) is 3.20. The van der Waals surface area contributed by atoms with Crippen molar-refractivity contribution in [3.8, 4) is 17.2 Å². The number of amides is 1. The van der Waals surface area contributed by atoms with Gasteiger partial charge in [-0.25, -0.2) is 13.4 Å². The number of aromatic nitrogens is 1. The maximum Gasteiger partial charge on any atom is 0.228 e. The third-order valence-electron chi connectivity index (χ3n) is 4.87. The molecule has 0 unspecified atom stereocenters. The van der Waals surface area contributed by atoms with Gasteiger partial charge in [0.05, 0.1) is 23.6 Å². The Morgan fingerprint density at radius 2 is 1.76 bits per heavy atom. The van der Waals surface area contributed by atoms with Crippen LogP contribution in [0.1, 0.15) is 30.9 Å². The third kappa shape index (κ3) is 6.40. The molecule has 34 heavy (non-hydrogen) atoms. The van der Waals surface area contributed by atoms with E-state index in [1.807, 2.05) is 12.1 Å². The van der Waals surface area contributed by atoms with E-state index in [1.165, 1.54) is 12.3 Å². The maximum atomic E-state index is 12.4. The molecule has 1 aromatic heterocycles. The monoisotopic (exact) mass is 522 g/mol. The van der Waals surface area contributed by atoms with Gasteiger partial charge >= 0.3 is 0 Å². The average Bonchev–Trinajstić information content (AvgIpc) is 2.75. The number of benzene rings is 2. The van der Waals surface area contributed by atoms with E-state index in [1.54, 1.807) is 31.4 Å². The zero-order valence-electron chi connectivity index (χ0n) is 19.1. The summed E-state index contributed by atoms with van der Waals surface area (Å²) in [6, 6.07) is 11.4. The number of sulfone groups is 1. The van der Waals surface area contributed by atoms with E-state index in [2.05, 4.69) is 24.1 Å². The Morgan fingerprint density at radius 1 is 1.09 bits per heavy atom. The maximum absolute atomic E-state index is 12.4. The van der Waals surface area contributed by atoms with Gasteiger partial charge in [-0.3, -0.25) is 4.79 Å². The predicted octanol–water partition coefficient (Wildman–Crippen LogP) is 5.90. The molecule has 1 N–H and O–H groups in total. The van der Waals surface area contributed by atoms with Crippen molar-refractivity contribution >= 4 is 44.6 Å². The van der Waals surface area contributed by atoms with E-state index in [9.17, 15) is 13.2 Å². The first kappa shape index (κ1) is 25.8. The summed E-state index contributed by atoms with van der Waals surface area (Å²) in [6.45, 7) is 4.10. The normalized spacial score (nSPS) is 11.4. The Bertz CT molecular complexity index is 1290. The molecular formula is C24H24Cl2N2O5S. The van der Waals surface area contributed by atoms with Gasteiger partial charge < -0.3 is 14.8 Å². The smallest absolute Gasteiger partial charge is 0.228 e. The van der Waals surface area contributed by atoms with Crippen molar-refractivity contribution in [2.75, 3.05) is 18.7 Å². The molecule has 0 atom stereocenters. The van der Waals surface area contributed by atoms with Crippen LogP contribution in [-0.4, -0.2) is 32.7 Å². The number of anilines is 1. The highest BCUT2D eigenvalue weighted by molar-refractivity contribution is 7.90. The minimum atomic E-state index is -3.40. The van der Waals surface area contributed by atoms with Gasteiger partial charge in [0.25, 0.3) is 0 Å². The fourth-order valence-corrected chi connectivity index (χ4v) is 4.32. The van der Waals surface area contributed by atoms with Crippen LogP contribution < -0.4 is 14.8 Å². The van der Waals surface area contributed by atoms with Crippen molar-refractivity contribution in [3.63, 3.8) is 0 Å². The fraction of sp³-hybridized carbons (Fsp3) is 0.250. The summed E-state index contributed by atoms with van der Waals surface area (Å²) in [4.78, 5) is 16.3. The summed E-state index contributed by atoms with van der Waals surface area (Å²) in [5.74, 6) is 1.46. The second-order valence-electron chi connectivity index (χ2n) is 7.93. The summed E-state index contributed by atoms with van der Waals surface area (Å²) in [5.41, 5.74) is 1.93. The third-order valence-corrected chi connectivity index (χ3v) is 6.43. The van der Waals surface area contributed by atoms with Gasteiger partial charge in [0.15, 0.2) is 20.6 Å². The molecule has 1 amide bonds. The molecule has 0 fully saturated rings. The second kappa shape index (κ2) is 10.6. The van der Waals surface area contributed by atoms with Crippen molar-refractivity contribution < 1.29 is 22.7 Å². The first-order chi connectivity index (χ1) is 16.0. The van der Waals surface area contributed by atoms with Crippen LogP contribution in [-0.2, 0) is 21.1 Å². The summed E-state index contributed by atoms with van der Waals surface area (Å²) < 4.78 is 34.3. The number of pyridine rings is 1. The van der Waals surface area contributed by atoms with E-state index in [0.29, 0.717) is 17.0 Å². The summed E-state index contributed by atoms with van der Waals surface area (Å²) >= 11 is 12.8. The molecule has 0 bridgehead atoms. The standard InChI is InChI=1S/C24H24Cl2N2O5S/c1-14(2)18-12-17(6-7-21(18)32-3)33-24-19(25)10-16(11-20(24)26)28-22(29)9-15-5-8-23(27-13-15)34(4,30)31/h5-8,10-14H,9H2,1-4H3,(H,28,29). The van der Waals surface area contributed by atoms with Crippen molar-refractivity contribution in [3.05, 3.63) is 69.8 Å². The molecule has 0 saturated heterocycles. The average molecular weight is 523 g/mol. The minimum Gasteiger partial charge on any atom is -0.496 e. The van der Waals surface area contributed by atoms with E-state index in [0.717, 1.165) is 17.6 Å². The number of ether oxygens (including phenoxy) is 2. The number of halogens is 2. The number of carbonyl (C=O) groups excluding carboxylic acids is 1. The van der Waals surface area contributed by atoms with Crippen molar-refractivity contribution in [2.24, 2.45) is 0 Å². The van der Waals surface area contributed by atoms with Crippen LogP contribution >= 0.6 is 23.2 Å². The first-order valence-corrected chi connectivity index (χ1v) is 12.9. The molecule has 0 aliphatic rings. The van der Waals surface area contributed by atoms with Gasteiger partial charge in [-0.2, -0.15) is 0 Å². The van der Waals surface area contributed by atoms with Gasteiger partial charge in [-0.1, -0.05) is 43.1 Å². The number of methoxy groups -OCH3 is 1. The summed E-state index contributed by atoms with van der Waals surface area (Å²) in [6.07, 6.45) is 2.42. The lowest BCUT2D eigenvalue weighted by atomic mass is 10.0. The quantitative estimate of drug-likeness (QED) is 0.395. The lowest BCUT2D eigenvalue weighted by molar-refractivity contribution is -0.115. The predicted molar refractivity (Wildman–Crippen MR) is 133 cm³/mol. The summed E-state index contributed by atoms with van der Waals surface area (Å²) in [5, 5.41) is 3.12. The van der Waals surface area contributed by atoms with Gasteiger partial charge in [-0.15, -0.1) is 0 Å². The molecule has 0 radical (unpaired) electrons. The largest absolute Gasteiger partial charge is 0.496 e. The Balaban J connectivity index is 1.73. The Kier molecular flexibility index (Phi) is 8.07. The van der Waals surface area contributed by atoms with Gasteiger partial charge in [-0.05, 0) is 47.9 Å². The Labute approximate surface area is 208 Å². The molecule has 7 nitrogen and oxygen atoms in total. The van der Waals surface area contributed by atoms with Crippen LogP contribution in [0, 0.1) is 0 Å². The number of hydrogen-bond acceptors (Lipinski definition) is 6. The highest BCUT2D eigenvalue weighted by Crippen LogP contribution is 2.40. The van der Waals surface area contributed by atoms with Crippen LogP contribution in [0.2, 0.25) is 10.0 Å². The lowest BCUT2D eigenvalue weighted by Crippen LogP contribution is -2.15. The van der Waals surface area contributed by atoms with Crippen LogP contribution in [0.3, 0.4) is 0 Å². The van der Waals surface area contributed by atoms with Crippen LogP contribution in [0.15, 0.2) is 53.7 Å². The van der Waals surface area contributed by atoms with E-state index < -0.39 is 9.84 Å².